The molecule has 0 spiro atoms. The van der Waals surface area contributed by atoms with Crippen LogP contribution in [-0.2, 0) is 20.7 Å². The van der Waals surface area contributed by atoms with Gasteiger partial charge in [0.05, 0.1) is 5.60 Å². The average Bonchev–Trinajstić information content (AvgIpc) is 2.58. The number of benzene rings is 1. The largest absolute Gasteiger partial charge is 0.480 e. The van der Waals surface area contributed by atoms with Crippen LogP contribution in [0.5, 0.6) is 0 Å². The van der Waals surface area contributed by atoms with E-state index in [1.165, 1.54) is 0 Å². The number of nitrogens with one attached hydrogen (secondary N) is 1. The van der Waals surface area contributed by atoms with Gasteiger partial charge in [-0.05, 0) is 44.6 Å². The Morgan fingerprint density at radius 2 is 2.00 bits per heavy atom. The number of ether oxygens (including phenoxy) is 1. The summed E-state index contributed by atoms with van der Waals surface area (Å²) in [4.78, 5) is 24.0. The molecule has 0 aromatic heterocycles. The molecule has 7 heteroatoms. The molecular formula is C19H28N2O5. The zero-order valence-electron chi connectivity index (χ0n) is 15.2. The van der Waals surface area contributed by atoms with Gasteiger partial charge in [0, 0.05) is 12.6 Å². The van der Waals surface area contributed by atoms with Gasteiger partial charge in [0.15, 0.2) is 0 Å². The Morgan fingerprint density at radius 3 is 2.58 bits per heavy atom. The topological polar surface area (TPSA) is 122 Å². The number of aliphatic hydroxyl groups is 1. The Kier molecular flexibility index (Phi) is 6.75. The van der Waals surface area contributed by atoms with Crippen LogP contribution in [0.25, 0.3) is 0 Å². The lowest BCUT2D eigenvalue weighted by atomic mass is 9.83. The third-order valence-electron chi connectivity index (χ3n) is 4.76. The maximum absolute atomic E-state index is 12.4. The van der Waals surface area contributed by atoms with E-state index in [9.17, 15) is 19.8 Å². The van der Waals surface area contributed by atoms with Gasteiger partial charge in [-0.1, -0.05) is 30.3 Å². The van der Waals surface area contributed by atoms with Gasteiger partial charge in [0.2, 0.25) is 0 Å². The maximum Gasteiger partial charge on any atom is 0.326 e. The van der Waals surface area contributed by atoms with Crippen LogP contribution in [-0.4, -0.2) is 52.5 Å². The first kappa shape index (κ1) is 20.4. The summed E-state index contributed by atoms with van der Waals surface area (Å²) >= 11 is 0. The zero-order valence-corrected chi connectivity index (χ0v) is 15.2. The minimum atomic E-state index is -1.48. The molecule has 1 fully saturated rings. The summed E-state index contributed by atoms with van der Waals surface area (Å²) in [6, 6.07) is 7.38. The Labute approximate surface area is 153 Å². The number of carbonyl (C=O) groups is 2. The van der Waals surface area contributed by atoms with Crippen LogP contribution >= 0.6 is 0 Å². The van der Waals surface area contributed by atoms with Crippen LogP contribution < -0.4 is 11.1 Å². The molecule has 0 bridgehead atoms. The summed E-state index contributed by atoms with van der Waals surface area (Å²) in [5.41, 5.74) is 6.40. The lowest BCUT2D eigenvalue weighted by Crippen LogP contribution is -2.55. The predicted molar refractivity (Wildman–Crippen MR) is 96.4 cm³/mol. The molecule has 1 heterocycles. The van der Waals surface area contributed by atoms with Gasteiger partial charge < -0.3 is 26.0 Å². The van der Waals surface area contributed by atoms with Crippen LogP contribution in [0.2, 0.25) is 0 Å². The molecule has 2 unspecified atom stereocenters. The molecule has 144 valence electrons. The fourth-order valence-electron chi connectivity index (χ4n) is 3.38. The first-order chi connectivity index (χ1) is 12.2. The minimum Gasteiger partial charge on any atom is -0.480 e. The molecule has 2 rings (SSSR count). The van der Waals surface area contributed by atoms with E-state index in [4.69, 9.17) is 10.5 Å². The van der Waals surface area contributed by atoms with Crippen molar-refractivity contribution >= 4 is 11.9 Å². The summed E-state index contributed by atoms with van der Waals surface area (Å²) in [5.74, 6) is -2.15. The first-order valence-corrected chi connectivity index (χ1v) is 8.84. The molecule has 1 aromatic rings. The standard InChI is InChI=1S/C19H28N2O5/c1-19(2)11-13(8-9-26-19)15(18(24)25)21-17(23)16(22)14(20)10-12-6-4-3-5-7-12/h3-7,13-16,22H,8-11,20H2,1-2H3,(H,21,23)(H,24,25)/t13?,14-,15?,16+/m1/s1. The number of aliphatic hydroxyl groups excluding tert-OH is 1. The van der Waals surface area contributed by atoms with Gasteiger partial charge in [-0.2, -0.15) is 0 Å². The number of aliphatic carboxylic acids is 1. The smallest absolute Gasteiger partial charge is 0.326 e. The molecule has 1 saturated heterocycles. The zero-order chi connectivity index (χ0) is 19.3. The predicted octanol–water partition coefficient (Wildman–Crippen LogP) is 0.692. The van der Waals surface area contributed by atoms with E-state index in [2.05, 4.69) is 5.32 Å². The van der Waals surface area contributed by atoms with Crippen molar-refractivity contribution in [3.05, 3.63) is 35.9 Å². The number of amides is 1. The monoisotopic (exact) mass is 364 g/mol. The van der Waals surface area contributed by atoms with Crippen molar-refractivity contribution in [3.63, 3.8) is 0 Å². The van der Waals surface area contributed by atoms with Gasteiger partial charge in [-0.25, -0.2) is 4.79 Å². The number of hydrogen-bond acceptors (Lipinski definition) is 5. The van der Waals surface area contributed by atoms with E-state index >= 15 is 0 Å². The number of carboxylic acids is 1. The molecule has 0 aliphatic carbocycles. The van der Waals surface area contributed by atoms with Crippen molar-refractivity contribution in [1.82, 2.24) is 5.32 Å². The highest BCUT2D eigenvalue weighted by atomic mass is 16.5. The highest BCUT2D eigenvalue weighted by Crippen LogP contribution is 2.30. The summed E-state index contributed by atoms with van der Waals surface area (Å²) in [6.07, 6.45) is -0.120. The summed E-state index contributed by atoms with van der Waals surface area (Å²) in [5, 5.41) is 22.2. The number of carboxylic acid groups (broad SMARTS) is 1. The van der Waals surface area contributed by atoms with Crippen molar-refractivity contribution in [2.75, 3.05) is 6.61 Å². The Balaban J connectivity index is 1.99. The van der Waals surface area contributed by atoms with E-state index in [0.29, 0.717) is 25.9 Å². The number of hydrogen-bond donors (Lipinski definition) is 4. The molecule has 4 atom stereocenters. The van der Waals surface area contributed by atoms with Crippen molar-refractivity contribution in [3.8, 4) is 0 Å². The normalized spacial score (nSPS) is 22.8. The van der Waals surface area contributed by atoms with Crippen LogP contribution in [0.4, 0.5) is 0 Å². The summed E-state index contributed by atoms with van der Waals surface area (Å²) in [6.45, 7) is 4.22. The summed E-state index contributed by atoms with van der Waals surface area (Å²) < 4.78 is 5.61. The van der Waals surface area contributed by atoms with Gasteiger partial charge in [0.25, 0.3) is 5.91 Å². The van der Waals surface area contributed by atoms with Gasteiger partial charge in [-0.15, -0.1) is 0 Å². The van der Waals surface area contributed by atoms with E-state index in [0.717, 1.165) is 5.56 Å². The van der Waals surface area contributed by atoms with Crippen molar-refractivity contribution in [2.45, 2.75) is 56.9 Å². The van der Waals surface area contributed by atoms with E-state index in [1.54, 1.807) is 0 Å². The first-order valence-electron chi connectivity index (χ1n) is 8.84. The molecule has 1 aliphatic rings. The molecule has 26 heavy (non-hydrogen) atoms. The van der Waals surface area contributed by atoms with Crippen LogP contribution in [0.3, 0.4) is 0 Å². The Morgan fingerprint density at radius 1 is 1.35 bits per heavy atom. The van der Waals surface area contributed by atoms with Crippen molar-refractivity contribution in [2.24, 2.45) is 11.7 Å². The summed E-state index contributed by atoms with van der Waals surface area (Å²) in [7, 11) is 0. The van der Waals surface area contributed by atoms with Crippen LogP contribution in [0.15, 0.2) is 30.3 Å². The second-order valence-electron chi connectivity index (χ2n) is 7.48. The molecule has 0 saturated carbocycles. The van der Waals surface area contributed by atoms with E-state index < -0.39 is 35.7 Å². The molecule has 5 N–H and O–H groups in total. The van der Waals surface area contributed by atoms with Crippen molar-refractivity contribution < 1.29 is 24.5 Å². The lowest BCUT2D eigenvalue weighted by molar-refractivity contribution is -0.149. The van der Waals surface area contributed by atoms with E-state index in [1.807, 2.05) is 44.2 Å². The molecule has 7 nitrogen and oxygen atoms in total. The minimum absolute atomic E-state index is 0.266. The van der Waals surface area contributed by atoms with Crippen molar-refractivity contribution in [1.29, 1.82) is 0 Å². The Bertz CT molecular complexity index is 620. The molecule has 0 radical (unpaired) electrons. The SMILES string of the molecule is CC1(C)CC(C(NC(=O)[C@@H](O)[C@H](N)Cc2ccccc2)C(=O)O)CCO1. The second-order valence-corrected chi connectivity index (χ2v) is 7.48. The Hall–Kier alpha value is -1.96. The van der Waals surface area contributed by atoms with Gasteiger partial charge in [0.1, 0.15) is 12.1 Å². The third-order valence-corrected chi connectivity index (χ3v) is 4.76. The van der Waals surface area contributed by atoms with Gasteiger partial charge in [-0.3, -0.25) is 4.79 Å². The molecule has 1 amide bonds. The third kappa shape index (κ3) is 5.52. The fraction of sp³-hybridized carbons (Fsp3) is 0.579. The van der Waals surface area contributed by atoms with Crippen LogP contribution in [0, 0.1) is 5.92 Å². The quantitative estimate of drug-likeness (QED) is 0.565. The lowest BCUT2D eigenvalue weighted by Gasteiger charge is -2.38. The number of rotatable bonds is 7. The fourth-order valence-corrected chi connectivity index (χ4v) is 3.38. The molecule has 1 aliphatic heterocycles. The van der Waals surface area contributed by atoms with Crippen LogP contribution in [0.1, 0.15) is 32.3 Å². The maximum atomic E-state index is 12.4. The highest BCUT2D eigenvalue weighted by Gasteiger charge is 2.38. The van der Waals surface area contributed by atoms with Gasteiger partial charge >= 0.3 is 5.97 Å². The van der Waals surface area contributed by atoms with E-state index in [-0.39, 0.29) is 5.92 Å². The molecular weight excluding hydrogens is 336 g/mol. The number of nitrogens with two attached hydrogens (primary N) is 1. The highest BCUT2D eigenvalue weighted by molar-refractivity contribution is 5.86. The second kappa shape index (κ2) is 8.62. The molecule has 1 aromatic carbocycles. The average molecular weight is 364 g/mol. The number of carbonyl (C=O) groups excluding carboxylic acids is 1.